The summed E-state index contributed by atoms with van der Waals surface area (Å²) < 4.78 is 14.3. The molecule has 0 saturated heterocycles. The highest BCUT2D eigenvalue weighted by Gasteiger charge is 2.16. The quantitative estimate of drug-likeness (QED) is 0.595. The third-order valence-corrected chi connectivity index (χ3v) is 3.46. The molecule has 1 atom stereocenters. The Balaban J connectivity index is 1.74. The maximum atomic E-state index is 14.3. The van der Waals surface area contributed by atoms with Crippen LogP contribution in [0.15, 0.2) is 36.5 Å². The molecule has 0 fully saturated rings. The second-order valence-electron chi connectivity index (χ2n) is 5.05. The maximum Gasteiger partial charge on any atom is 0.320 e. The van der Waals surface area contributed by atoms with E-state index in [1.807, 2.05) is 37.3 Å². The van der Waals surface area contributed by atoms with Crippen molar-refractivity contribution >= 4 is 28.6 Å². The number of aromatic amines is 1. The number of amides is 2. The normalized spacial score (nSPS) is 12.1. The summed E-state index contributed by atoms with van der Waals surface area (Å²) in [6.07, 6.45) is 1.35. The van der Waals surface area contributed by atoms with E-state index in [0.717, 1.165) is 5.56 Å². The number of rotatable bonds is 3. The van der Waals surface area contributed by atoms with E-state index in [4.69, 9.17) is 5.73 Å². The molecule has 0 bridgehead atoms. The topological polar surface area (TPSA) is 109 Å². The molecule has 5 N–H and O–H groups in total. The Morgan fingerprint density at radius 2 is 2.09 bits per heavy atom. The third kappa shape index (κ3) is 2.91. The van der Waals surface area contributed by atoms with Crippen molar-refractivity contribution in [2.75, 3.05) is 11.1 Å². The van der Waals surface area contributed by atoms with Gasteiger partial charge in [0.25, 0.3) is 0 Å². The van der Waals surface area contributed by atoms with Crippen molar-refractivity contribution in [2.45, 2.75) is 13.0 Å². The fourth-order valence-corrected chi connectivity index (χ4v) is 2.22. The predicted molar refractivity (Wildman–Crippen MR) is 85.3 cm³/mol. The van der Waals surface area contributed by atoms with Gasteiger partial charge in [0.1, 0.15) is 5.52 Å². The van der Waals surface area contributed by atoms with Gasteiger partial charge in [-0.15, -0.1) is 0 Å². The number of H-pyrrole nitrogens is 1. The summed E-state index contributed by atoms with van der Waals surface area (Å²) in [5.41, 5.74) is 6.62. The number of pyridine rings is 1. The molecule has 118 valence electrons. The number of nitrogens with one attached hydrogen (secondary N) is 3. The van der Waals surface area contributed by atoms with E-state index in [0.29, 0.717) is 5.39 Å². The van der Waals surface area contributed by atoms with E-state index in [-0.39, 0.29) is 23.2 Å². The minimum Gasteiger partial charge on any atom is -0.382 e. The zero-order chi connectivity index (χ0) is 16.4. The van der Waals surface area contributed by atoms with Crippen molar-refractivity contribution in [3.63, 3.8) is 0 Å². The fraction of sp³-hybridized carbons (Fsp3) is 0.133. The lowest BCUT2D eigenvalue weighted by Gasteiger charge is -2.15. The molecule has 2 amide bonds. The average Bonchev–Trinajstić information content (AvgIpc) is 2.93. The van der Waals surface area contributed by atoms with Gasteiger partial charge in [0.15, 0.2) is 17.5 Å². The minimum absolute atomic E-state index is 0.101. The first kappa shape index (κ1) is 14.8. The Morgan fingerprint density at radius 3 is 2.83 bits per heavy atom. The van der Waals surface area contributed by atoms with Crippen LogP contribution in [0.3, 0.4) is 0 Å². The van der Waals surface area contributed by atoms with Crippen molar-refractivity contribution in [1.29, 1.82) is 0 Å². The SMILES string of the molecule is CC(NC(=O)Nc1ncc2c(N)n[nH]c2c1F)c1ccccc1. The van der Waals surface area contributed by atoms with Gasteiger partial charge in [-0.05, 0) is 12.5 Å². The van der Waals surface area contributed by atoms with Crippen LogP contribution in [0.4, 0.5) is 20.8 Å². The molecule has 0 aliphatic heterocycles. The predicted octanol–water partition coefficient (Wildman–Crippen LogP) is 2.56. The molecule has 7 nitrogen and oxygen atoms in total. The van der Waals surface area contributed by atoms with Gasteiger partial charge in [-0.1, -0.05) is 30.3 Å². The molecule has 0 aliphatic carbocycles. The van der Waals surface area contributed by atoms with Crippen LogP contribution in [-0.4, -0.2) is 21.2 Å². The maximum absolute atomic E-state index is 14.3. The van der Waals surface area contributed by atoms with Crippen molar-refractivity contribution in [3.05, 3.63) is 47.9 Å². The number of nitrogens with zero attached hydrogens (tertiary/aromatic N) is 2. The number of carbonyl (C=O) groups is 1. The molecule has 1 unspecified atom stereocenters. The van der Waals surface area contributed by atoms with Gasteiger partial charge in [0, 0.05) is 6.20 Å². The van der Waals surface area contributed by atoms with Crippen LogP contribution in [0.1, 0.15) is 18.5 Å². The van der Waals surface area contributed by atoms with E-state index < -0.39 is 11.8 Å². The first-order valence-corrected chi connectivity index (χ1v) is 6.96. The number of fused-ring (bicyclic) bond motifs is 1. The number of nitrogens with two attached hydrogens (primary N) is 1. The minimum atomic E-state index is -0.714. The number of hydrogen-bond acceptors (Lipinski definition) is 4. The van der Waals surface area contributed by atoms with Crippen molar-refractivity contribution < 1.29 is 9.18 Å². The lowest BCUT2D eigenvalue weighted by atomic mass is 10.1. The molecule has 2 heterocycles. The van der Waals surface area contributed by atoms with Gasteiger partial charge >= 0.3 is 6.03 Å². The molecule has 0 aliphatic rings. The van der Waals surface area contributed by atoms with Crippen molar-refractivity contribution in [2.24, 2.45) is 0 Å². The molecule has 23 heavy (non-hydrogen) atoms. The van der Waals surface area contributed by atoms with Crippen molar-refractivity contribution in [1.82, 2.24) is 20.5 Å². The molecule has 0 radical (unpaired) electrons. The summed E-state index contributed by atoms with van der Waals surface area (Å²) in [6, 6.07) is 8.64. The highest BCUT2D eigenvalue weighted by atomic mass is 19.1. The van der Waals surface area contributed by atoms with Crippen LogP contribution in [0.2, 0.25) is 0 Å². The monoisotopic (exact) mass is 314 g/mol. The smallest absolute Gasteiger partial charge is 0.320 e. The summed E-state index contributed by atoms with van der Waals surface area (Å²) >= 11 is 0. The van der Waals surface area contributed by atoms with Gasteiger partial charge in [0.2, 0.25) is 0 Å². The first-order valence-electron chi connectivity index (χ1n) is 6.96. The number of halogens is 1. The van der Waals surface area contributed by atoms with Crippen LogP contribution in [-0.2, 0) is 0 Å². The van der Waals surface area contributed by atoms with Crippen LogP contribution in [0.25, 0.3) is 10.9 Å². The van der Waals surface area contributed by atoms with E-state index in [2.05, 4.69) is 25.8 Å². The molecular formula is C15H15FN6O. The standard InChI is InChI=1S/C15H15FN6O/c1-8(9-5-3-2-4-6-9)19-15(23)20-14-11(16)12-10(7-18-14)13(17)22-21-12/h2-8H,1H3,(H3,17,21,22)(H2,18,19,20,23). The Bertz CT molecular complexity index is 848. The highest BCUT2D eigenvalue weighted by molar-refractivity contribution is 5.94. The van der Waals surface area contributed by atoms with Gasteiger partial charge < -0.3 is 11.1 Å². The second kappa shape index (κ2) is 5.91. The zero-order valence-corrected chi connectivity index (χ0v) is 12.3. The van der Waals surface area contributed by atoms with Crippen LogP contribution < -0.4 is 16.4 Å². The molecule has 1 aromatic carbocycles. The second-order valence-corrected chi connectivity index (χ2v) is 5.05. The van der Waals surface area contributed by atoms with Crippen LogP contribution >= 0.6 is 0 Å². The summed E-state index contributed by atoms with van der Waals surface area (Å²) in [4.78, 5) is 15.9. The highest BCUT2D eigenvalue weighted by Crippen LogP contribution is 2.23. The molecule has 3 rings (SSSR count). The Kier molecular flexibility index (Phi) is 3.80. The summed E-state index contributed by atoms with van der Waals surface area (Å²) in [7, 11) is 0. The number of nitrogen functional groups attached to an aromatic ring is 1. The van der Waals surface area contributed by atoms with E-state index in [1.165, 1.54) is 6.20 Å². The number of urea groups is 1. The Morgan fingerprint density at radius 1 is 1.35 bits per heavy atom. The first-order chi connectivity index (χ1) is 11.1. The summed E-state index contributed by atoms with van der Waals surface area (Å²) in [5.74, 6) is -0.756. The largest absolute Gasteiger partial charge is 0.382 e. The number of anilines is 2. The van der Waals surface area contributed by atoms with Crippen LogP contribution in [0, 0.1) is 5.82 Å². The van der Waals surface area contributed by atoms with Crippen molar-refractivity contribution in [3.8, 4) is 0 Å². The molecule has 0 spiro atoms. The average molecular weight is 314 g/mol. The van der Waals surface area contributed by atoms with E-state index >= 15 is 0 Å². The number of aromatic nitrogens is 3. The summed E-state index contributed by atoms with van der Waals surface area (Å²) in [5, 5.41) is 11.7. The van der Waals surface area contributed by atoms with Gasteiger partial charge in [0.05, 0.1) is 11.4 Å². The molecule has 2 aromatic heterocycles. The van der Waals surface area contributed by atoms with E-state index in [9.17, 15) is 9.18 Å². The van der Waals surface area contributed by atoms with E-state index in [1.54, 1.807) is 0 Å². The lowest BCUT2D eigenvalue weighted by Crippen LogP contribution is -2.31. The molecular weight excluding hydrogens is 299 g/mol. The Labute approximate surface area is 131 Å². The van der Waals surface area contributed by atoms with Gasteiger partial charge in [-0.25, -0.2) is 14.2 Å². The number of benzene rings is 1. The van der Waals surface area contributed by atoms with Gasteiger partial charge in [-0.2, -0.15) is 5.10 Å². The molecule has 8 heteroatoms. The van der Waals surface area contributed by atoms with Gasteiger partial charge in [-0.3, -0.25) is 10.4 Å². The number of carbonyl (C=O) groups excluding carboxylic acids is 1. The molecule has 0 saturated carbocycles. The summed E-state index contributed by atoms with van der Waals surface area (Å²) in [6.45, 7) is 1.83. The van der Waals surface area contributed by atoms with Crippen LogP contribution in [0.5, 0.6) is 0 Å². The third-order valence-electron chi connectivity index (χ3n) is 3.46. The molecule has 3 aromatic rings. The lowest BCUT2D eigenvalue weighted by molar-refractivity contribution is 0.249. The number of hydrogen-bond donors (Lipinski definition) is 4. The fourth-order valence-electron chi connectivity index (χ4n) is 2.22. The zero-order valence-electron chi connectivity index (χ0n) is 12.3. The Hall–Kier alpha value is -3.16.